The van der Waals surface area contributed by atoms with Crippen molar-refractivity contribution in [3.05, 3.63) is 40.4 Å². The van der Waals surface area contributed by atoms with Crippen molar-refractivity contribution in [3.63, 3.8) is 0 Å². The lowest BCUT2D eigenvalue weighted by molar-refractivity contribution is -0.119. The Hall–Kier alpha value is -3.18. The van der Waals surface area contributed by atoms with Crippen LogP contribution in [0.3, 0.4) is 0 Å². The Balaban J connectivity index is 2.37. The number of carbonyl (C=O) groups is 1. The van der Waals surface area contributed by atoms with Gasteiger partial charge >= 0.3 is 0 Å². The third-order valence-electron chi connectivity index (χ3n) is 5.80. The van der Waals surface area contributed by atoms with Crippen LogP contribution in [0.1, 0.15) is 38.2 Å². The van der Waals surface area contributed by atoms with Crippen molar-refractivity contribution in [2.45, 2.75) is 32.6 Å². The van der Waals surface area contributed by atoms with Gasteiger partial charge in [-0.2, -0.15) is 5.26 Å². The Morgan fingerprint density at radius 2 is 1.77 bits per heavy atom. The van der Waals surface area contributed by atoms with E-state index >= 15 is 0 Å². The molecule has 1 aromatic rings. The molecule has 1 aliphatic carbocycles. The first-order valence-corrected chi connectivity index (χ1v) is 10.0. The molecular formula is C23H30N4O4. The molecule has 31 heavy (non-hydrogen) atoms. The summed E-state index contributed by atoms with van der Waals surface area (Å²) in [6, 6.07) is 5.80. The van der Waals surface area contributed by atoms with Crippen molar-refractivity contribution in [2.75, 3.05) is 35.4 Å². The van der Waals surface area contributed by atoms with E-state index in [9.17, 15) is 10.1 Å². The van der Waals surface area contributed by atoms with Crippen molar-refractivity contribution in [1.82, 2.24) is 10.0 Å². The zero-order valence-electron chi connectivity index (χ0n) is 19.2. The Bertz CT molecular complexity index is 1020. The first-order valence-electron chi connectivity index (χ1n) is 10.0. The van der Waals surface area contributed by atoms with Crippen molar-refractivity contribution in [1.29, 1.82) is 5.26 Å². The summed E-state index contributed by atoms with van der Waals surface area (Å²) in [4.78, 5) is 13.5. The molecule has 1 aliphatic heterocycles. The molecular weight excluding hydrogens is 396 g/mol. The van der Waals surface area contributed by atoms with E-state index in [-0.39, 0.29) is 11.2 Å². The Morgan fingerprint density at radius 1 is 1.13 bits per heavy atom. The van der Waals surface area contributed by atoms with Gasteiger partial charge in [-0.3, -0.25) is 9.80 Å². The first-order chi connectivity index (χ1) is 14.6. The van der Waals surface area contributed by atoms with Crippen LogP contribution in [0.25, 0.3) is 0 Å². The monoisotopic (exact) mass is 426 g/mol. The minimum absolute atomic E-state index is 0.000174. The lowest BCUT2D eigenvalue weighted by Crippen LogP contribution is -2.47. The number of benzene rings is 1. The van der Waals surface area contributed by atoms with E-state index in [0.29, 0.717) is 52.6 Å². The molecule has 0 amide bonds. The number of carbonyl (C=O) groups excluding carboxylic acids is 1. The zero-order chi connectivity index (χ0) is 23.1. The largest absolute Gasteiger partial charge is 0.493 e. The minimum Gasteiger partial charge on any atom is -0.493 e. The zero-order valence-corrected chi connectivity index (χ0v) is 19.2. The number of hydrogen-bond donors (Lipinski definition) is 1. The maximum Gasteiger partial charge on any atom is 0.203 e. The molecule has 8 heteroatoms. The topological polar surface area (TPSA) is 101 Å². The lowest BCUT2D eigenvalue weighted by atomic mass is 9.69. The van der Waals surface area contributed by atoms with Gasteiger partial charge < -0.3 is 19.9 Å². The number of Topliss-reactive ketones (excluding diaryl/α,β-unsaturated/α-hetero) is 1. The minimum atomic E-state index is -0.658. The first kappa shape index (κ1) is 22.5. The molecule has 2 aliphatic rings. The molecule has 1 atom stereocenters. The van der Waals surface area contributed by atoms with Crippen LogP contribution in [0, 0.1) is 16.7 Å². The van der Waals surface area contributed by atoms with E-state index in [4.69, 9.17) is 19.9 Å². The van der Waals surface area contributed by atoms with E-state index in [1.165, 1.54) is 14.2 Å². The van der Waals surface area contributed by atoms with Gasteiger partial charge in [0.15, 0.2) is 17.3 Å². The summed E-state index contributed by atoms with van der Waals surface area (Å²) in [6.45, 7) is 4.13. The molecule has 0 radical (unpaired) electrons. The second kappa shape index (κ2) is 8.16. The van der Waals surface area contributed by atoms with Crippen LogP contribution in [-0.2, 0) is 4.79 Å². The fourth-order valence-corrected chi connectivity index (χ4v) is 4.61. The van der Waals surface area contributed by atoms with Gasteiger partial charge in [0.05, 0.1) is 38.9 Å². The van der Waals surface area contributed by atoms with Gasteiger partial charge in [0.1, 0.15) is 5.82 Å². The SMILES string of the molecule is COc1ccc([C@@H]2C(C#N)=C(N)N(N(C)C)C3=C2C(=O)CC(C)(C)C3)c(OC)c1OC. The summed E-state index contributed by atoms with van der Waals surface area (Å²) in [7, 11) is 8.27. The van der Waals surface area contributed by atoms with Crippen LogP contribution in [0.4, 0.5) is 0 Å². The number of methoxy groups -OCH3 is 3. The van der Waals surface area contributed by atoms with Crippen molar-refractivity contribution in [2.24, 2.45) is 11.1 Å². The number of hydrogen-bond acceptors (Lipinski definition) is 8. The second-order valence-corrected chi connectivity index (χ2v) is 8.73. The van der Waals surface area contributed by atoms with Crippen LogP contribution in [0.5, 0.6) is 17.2 Å². The van der Waals surface area contributed by atoms with Crippen molar-refractivity contribution >= 4 is 5.78 Å². The molecule has 2 N–H and O–H groups in total. The van der Waals surface area contributed by atoms with Gasteiger partial charge in [0.2, 0.25) is 5.75 Å². The molecule has 1 aromatic carbocycles. The van der Waals surface area contributed by atoms with Crippen LogP contribution in [-0.4, -0.2) is 51.2 Å². The number of nitriles is 1. The number of rotatable bonds is 5. The predicted octanol–water partition coefficient (Wildman–Crippen LogP) is 2.93. The number of ketones is 1. The molecule has 0 aromatic heterocycles. The number of nitrogens with two attached hydrogens (primary N) is 1. The van der Waals surface area contributed by atoms with Gasteiger partial charge in [-0.1, -0.05) is 19.9 Å². The molecule has 0 bridgehead atoms. The molecule has 0 unspecified atom stereocenters. The third kappa shape index (κ3) is 3.59. The fourth-order valence-electron chi connectivity index (χ4n) is 4.61. The summed E-state index contributed by atoms with van der Waals surface area (Å²) >= 11 is 0. The molecule has 166 valence electrons. The maximum absolute atomic E-state index is 13.5. The summed E-state index contributed by atoms with van der Waals surface area (Å²) in [5, 5.41) is 13.7. The average molecular weight is 427 g/mol. The van der Waals surface area contributed by atoms with Crippen molar-refractivity contribution < 1.29 is 19.0 Å². The Kier molecular flexibility index (Phi) is 5.92. The second-order valence-electron chi connectivity index (χ2n) is 8.73. The normalized spacial score (nSPS) is 20.5. The molecule has 1 heterocycles. The highest BCUT2D eigenvalue weighted by molar-refractivity contribution is 6.00. The molecule has 3 rings (SSSR count). The van der Waals surface area contributed by atoms with E-state index < -0.39 is 5.92 Å². The van der Waals surface area contributed by atoms with E-state index in [0.717, 1.165) is 5.70 Å². The molecule has 0 spiro atoms. The Morgan fingerprint density at radius 3 is 2.29 bits per heavy atom. The quantitative estimate of drug-likeness (QED) is 0.767. The van der Waals surface area contributed by atoms with Crippen LogP contribution >= 0.6 is 0 Å². The van der Waals surface area contributed by atoms with E-state index in [1.807, 2.05) is 14.1 Å². The summed E-state index contributed by atoms with van der Waals surface area (Å²) in [5.74, 6) is 0.956. The average Bonchev–Trinajstić information content (AvgIpc) is 2.70. The summed E-state index contributed by atoms with van der Waals surface area (Å²) < 4.78 is 16.6. The van der Waals surface area contributed by atoms with E-state index in [1.54, 1.807) is 29.3 Å². The van der Waals surface area contributed by atoms with E-state index in [2.05, 4.69) is 19.9 Å². The van der Waals surface area contributed by atoms with Crippen LogP contribution in [0.15, 0.2) is 34.8 Å². The third-order valence-corrected chi connectivity index (χ3v) is 5.80. The fraction of sp³-hybridized carbons (Fsp3) is 0.478. The summed E-state index contributed by atoms with van der Waals surface area (Å²) in [5.41, 5.74) is 8.62. The van der Waals surface area contributed by atoms with Gasteiger partial charge in [0, 0.05) is 37.3 Å². The summed E-state index contributed by atoms with van der Waals surface area (Å²) in [6.07, 6.45) is 1.04. The van der Waals surface area contributed by atoms with Gasteiger partial charge in [0.25, 0.3) is 0 Å². The van der Waals surface area contributed by atoms with Gasteiger partial charge in [-0.15, -0.1) is 0 Å². The lowest BCUT2D eigenvalue weighted by Gasteiger charge is -2.45. The molecule has 8 nitrogen and oxygen atoms in total. The number of allylic oxidation sites excluding steroid dienone is 3. The van der Waals surface area contributed by atoms with Gasteiger partial charge in [-0.25, -0.2) is 5.01 Å². The maximum atomic E-state index is 13.5. The molecule has 0 saturated carbocycles. The van der Waals surface area contributed by atoms with Crippen molar-refractivity contribution in [3.8, 4) is 23.3 Å². The number of nitrogens with zero attached hydrogens (tertiary/aromatic N) is 3. The predicted molar refractivity (Wildman–Crippen MR) is 116 cm³/mol. The van der Waals surface area contributed by atoms with Crippen LogP contribution < -0.4 is 19.9 Å². The highest BCUT2D eigenvalue weighted by Crippen LogP contribution is 2.53. The highest BCUT2D eigenvalue weighted by Gasteiger charge is 2.46. The van der Waals surface area contributed by atoms with Crippen LogP contribution in [0.2, 0.25) is 0 Å². The van der Waals surface area contributed by atoms with Gasteiger partial charge in [-0.05, 0) is 17.9 Å². The molecule has 0 saturated heterocycles. The highest BCUT2D eigenvalue weighted by atomic mass is 16.5. The smallest absolute Gasteiger partial charge is 0.203 e. The Labute approximate surface area is 183 Å². The number of ether oxygens (including phenoxy) is 3. The molecule has 0 fully saturated rings. The number of hydrazine groups is 1. The standard InChI is InChI=1S/C23H30N4O4/c1-23(2)10-15-19(16(28)11-23)18(14(12-24)22(25)27(15)26(3)4)13-8-9-17(29-5)21(31-7)20(13)30-6/h8-9,18H,10-11,25H2,1-7H3/t18-/m1/s1.